The molecule has 0 radical (unpaired) electrons. The average Bonchev–Trinajstić information content (AvgIpc) is 2.30. The number of hydrogen-bond acceptors (Lipinski definition) is 3. The van der Waals surface area contributed by atoms with E-state index in [1.807, 2.05) is 13.8 Å². The molecule has 0 aliphatic carbocycles. The fourth-order valence-electron chi connectivity index (χ4n) is 0.976. The molecule has 0 fully saturated rings. The van der Waals surface area contributed by atoms with Crippen molar-refractivity contribution in [3.63, 3.8) is 0 Å². The number of aryl methyl sites for hydroxylation is 2. The van der Waals surface area contributed by atoms with Gasteiger partial charge in [-0.1, -0.05) is 12.1 Å². The first-order chi connectivity index (χ1) is 4.79. The first-order valence-electron chi connectivity index (χ1n) is 3.43. The van der Waals surface area contributed by atoms with E-state index in [2.05, 4.69) is 5.16 Å². The minimum absolute atomic E-state index is 0.526. The average molecular weight is 140 g/mol. The summed E-state index contributed by atoms with van der Waals surface area (Å²) < 4.78 is 4.95. The van der Waals surface area contributed by atoms with Gasteiger partial charge in [-0.3, -0.25) is 0 Å². The van der Waals surface area contributed by atoms with E-state index in [0.29, 0.717) is 6.54 Å². The largest absolute Gasteiger partial charge is 0.361 e. The van der Waals surface area contributed by atoms with Crippen LogP contribution >= 0.6 is 0 Å². The molecule has 10 heavy (non-hydrogen) atoms. The Morgan fingerprint density at radius 3 is 2.70 bits per heavy atom. The van der Waals surface area contributed by atoms with Crippen molar-refractivity contribution in [2.75, 3.05) is 0 Å². The summed E-state index contributed by atoms with van der Waals surface area (Å²) in [5.41, 5.74) is 7.52. The van der Waals surface area contributed by atoms with Gasteiger partial charge in [-0.25, -0.2) is 0 Å². The molecule has 1 heterocycles. The number of nitrogens with zero attached hydrogens (tertiary/aromatic N) is 1. The Labute approximate surface area is 60.2 Å². The Bertz CT molecular complexity index is 217. The highest BCUT2D eigenvalue weighted by atomic mass is 16.5. The molecule has 0 aliphatic heterocycles. The predicted molar refractivity (Wildman–Crippen MR) is 38.5 cm³/mol. The second-order valence-corrected chi connectivity index (χ2v) is 2.22. The molecule has 3 heteroatoms. The van der Waals surface area contributed by atoms with Crippen LogP contribution in [0.4, 0.5) is 0 Å². The van der Waals surface area contributed by atoms with Crippen molar-refractivity contribution < 1.29 is 4.52 Å². The minimum atomic E-state index is 0.526. The van der Waals surface area contributed by atoms with Crippen LogP contribution in [0.3, 0.4) is 0 Å². The monoisotopic (exact) mass is 140 g/mol. The number of hydrogen-bond donors (Lipinski definition) is 1. The Balaban J connectivity index is 3.01. The van der Waals surface area contributed by atoms with Crippen LogP contribution in [0.25, 0.3) is 0 Å². The van der Waals surface area contributed by atoms with Gasteiger partial charge in [-0.15, -0.1) is 0 Å². The first kappa shape index (κ1) is 7.28. The van der Waals surface area contributed by atoms with Crippen LogP contribution in [0.15, 0.2) is 4.52 Å². The normalized spacial score (nSPS) is 10.3. The summed E-state index contributed by atoms with van der Waals surface area (Å²) in [6.45, 7) is 4.45. The second-order valence-electron chi connectivity index (χ2n) is 2.22. The molecule has 56 valence electrons. The lowest BCUT2D eigenvalue weighted by Gasteiger charge is -1.92. The van der Waals surface area contributed by atoms with Gasteiger partial charge < -0.3 is 10.3 Å². The fraction of sp³-hybridized carbons (Fsp3) is 0.571. The highest BCUT2D eigenvalue weighted by Gasteiger charge is 2.07. The smallest absolute Gasteiger partial charge is 0.138 e. The standard InChI is InChI=1S/C7H12N2O/c1-3-7-6(4-8)5(2)10-9-7/h3-4,8H2,1-2H3. The Hall–Kier alpha value is -0.830. The molecule has 0 aromatic carbocycles. The summed E-state index contributed by atoms with van der Waals surface area (Å²) in [6, 6.07) is 0. The third kappa shape index (κ3) is 1.04. The Morgan fingerprint density at radius 1 is 1.60 bits per heavy atom. The van der Waals surface area contributed by atoms with E-state index in [1.165, 1.54) is 0 Å². The van der Waals surface area contributed by atoms with Gasteiger partial charge in [0.25, 0.3) is 0 Å². The molecule has 1 aromatic heterocycles. The van der Waals surface area contributed by atoms with Gasteiger partial charge in [0.15, 0.2) is 0 Å². The molecule has 0 amide bonds. The third-order valence-corrected chi connectivity index (χ3v) is 1.61. The second kappa shape index (κ2) is 2.84. The van der Waals surface area contributed by atoms with Crippen LogP contribution in [0.5, 0.6) is 0 Å². The van der Waals surface area contributed by atoms with Crippen LogP contribution in [0, 0.1) is 6.92 Å². The quantitative estimate of drug-likeness (QED) is 0.666. The van der Waals surface area contributed by atoms with Gasteiger partial charge in [-0.05, 0) is 13.3 Å². The van der Waals surface area contributed by atoms with E-state index in [4.69, 9.17) is 10.3 Å². The van der Waals surface area contributed by atoms with Gasteiger partial charge in [-0.2, -0.15) is 0 Å². The van der Waals surface area contributed by atoms with Crippen molar-refractivity contribution in [2.45, 2.75) is 26.8 Å². The summed E-state index contributed by atoms with van der Waals surface area (Å²) in [4.78, 5) is 0. The molecule has 0 atom stereocenters. The van der Waals surface area contributed by atoms with E-state index < -0.39 is 0 Å². The predicted octanol–water partition coefficient (Wildman–Crippen LogP) is 1.00. The molecule has 1 rings (SSSR count). The van der Waals surface area contributed by atoms with Crippen molar-refractivity contribution >= 4 is 0 Å². The van der Waals surface area contributed by atoms with E-state index >= 15 is 0 Å². The number of nitrogens with two attached hydrogens (primary N) is 1. The van der Waals surface area contributed by atoms with Crippen LogP contribution in [-0.2, 0) is 13.0 Å². The molecular formula is C7H12N2O. The van der Waals surface area contributed by atoms with Gasteiger partial charge in [0.1, 0.15) is 5.76 Å². The maximum atomic E-state index is 5.47. The van der Waals surface area contributed by atoms with Crippen molar-refractivity contribution in [3.8, 4) is 0 Å². The Kier molecular flexibility index (Phi) is 2.06. The van der Waals surface area contributed by atoms with Crippen molar-refractivity contribution in [2.24, 2.45) is 5.73 Å². The molecule has 0 spiro atoms. The molecule has 0 bridgehead atoms. The van der Waals surface area contributed by atoms with Gasteiger partial charge in [0.05, 0.1) is 5.69 Å². The molecule has 3 nitrogen and oxygen atoms in total. The maximum Gasteiger partial charge on any atom is 0.138 e. The summed E-state index contributed by atoms with van der Waals surface area (Å²) in [5, 5.41) is 3.85. The Morgan fingerprint density at radius 2 is 2.30 bits per heavy atom. The highest BCUT2D eigenvalue weighted by Crippen LogP contribution is 2.11. The molecular weight excluding hydrogens is 128 g/mol. The zero-order valence-electron chi connectivity index (χ0n) is 6.35. The number of rotatable bonds is 2. The van der Waals surface area contributed by atoms with E-state index in [0.717, 1.165) is 23.4 Å². The molecule has 2 N–H and O–H groups in total. The lowest BCUT2D eigenvalue weighted by atomic mass is 10.1. The van der Waals surface area contributed by atoms with Gasteiger partial charge in [0.2, 0.25) is 0 Å². The lowest BCUT2D eigenvalue weighted by Crippen LogP contribution is -1.99. The number of aromatic nitrogens is 1. The van der Waals surface area contributed by atoms with Crippen LogP contribution in [0.1, 0.15) is 23.9 Å². The van der Waals surface area contributed by atoms with Crippen molar-refractivity contribution in [3.05, 3.63) is 17.0 Å². The fourth-order valence-corrected chi connectivity index (χ4v) is 0.976. The lowest BCUT2D eigenvalue weighted by molar-refractivity contribution is 0.390. The zero-order valence-corrected chi connectivity index (χ0v) is 6.35. The van der Waals surface area contributed by atoms with Gasteiger partial charge >= 0.3 is 0 Å². The van der Waals surface area contributed by atoms with E-state index in [-0.39, 0.29) is 0 Å². The highest BCUT2D eigenvalue weighted by molar-refractivity contribution is 5.21. The molecule has 0 unspecified atom stereocenters. The third-order valence-electron chi connectivity index (χ3n) is 1.61. The summed E-state index contributed by atoms with van der Waals surface area (Å²) in [5.74, 6) is 0.847. The minimum Gasteiger partial charge on any atom is -0.361 e. The van der Waals surface area contributed by atoms with E-state index in [1.54, 1.807) is 0 Å². The van der Waals surface area contributed by atoms with E-state index in [9.17, 15) is 0 Å². The molecule has 1 aromatic rings. The molecule has 0 saturated carbocycles. The topological polar surface area (TPSA) is 52.0 Å². The first-order valence-corrected chi connectivity index (χ1v) is 3.43. The van der Waals surface area contributed by atoms with Crippen LogP contribution in [0.2, 0.25) is 0 Å². The SMILES string of the molecule is CCc1noc(C)c1CN. The van der Waals surface area contributed by atoms with Crippen LogP contribution < -0.4 is 5.73 Å². The van der Waals surface area contributed by atoms with Crippen molar-refractivity contribution in [1.82, 2.24) is 5.16 Å². The summed E-state index contributed by atoms with van der Waals surface area (Å²) in [7, 11) is 0. The molecule has 0 saturated heterocycles. The van der Waals surface area contributed by atoms with Crippen LogP contribution in [-0.4, -0.2) is 5.16 Å². The summed E-state index contributed by atoms with van der Waals surface area (Å²) in [6.07, 6.45) is 0.893. The zero-order chi connectivity index (χ0) is 7.56. The maximum absolute atomic E-state index is 5.47. The van der Waals surface area contributed by atoms with Gasteiger partial charge in [0, 0.05) is 12.1 Å². The molecule has 0 aliphatic rings. The summed E-state index contributed by atoms with van der Waals surface area (Å²) >= 11 is 0. The van der Waals surface area contributed by atoms with Crippen molar-refractivity contribution in [1.29, 1.82) is 0 Å².